The summed E-state index contributed by atoms with van der Waals surface area (Å²) < 4.78 is 1.64. The number of aromatic nitrogens is 3. The highest BCUT2D eigenvalue weighted by molar-refractivity contribution is 9.10. The van der Waals surface area contributed by atoms with Crippen LogP contribution < -0.4 is 10.6 Å². The van der Waals surface area contributed by atoms with Gasteiger partial charge in [0.25, 0.3) is 0 Å². The van der Waals surface area contributed by atoms with Gasteiger partial charge in [-0.3, -0.25) is 10.1 Å². The van der Waals surface area contributed by atoms with E-state index in [-0.39, 0.29) is 17.3 Å². The molecule has 3 rings (SSSR count). The zero-order valence-electron chi connectivity index (χ0n) is 12.5. The van der Waals surface area contributed by atoms with E-state index in [9.17, 15) is 10.1 Å². The third kappa shape index (κ3) is 4.28. The van der Waals surface area contributed by atoms with Crippen LogP contribution in [0.4, 0.5) is 28.8 Å². The molecule has 0 aliphatic heterocycles. The average Bonchev–Trinajstić information content (AvgIpc) is 2.57. The largest absolute Gasteiger partial charge is 0.353 e. The van der Waals surface area contributed by atoms with E-state index in [1.165, 1.54) is 6.33 Å². The van der Waals surface area contributed by atoms with E-state index in [2.05, 4.69) is 57.4 Å². The molecule has 8 nitrogen and oxygen atoms in total. The van der Waals surface area contributed by atoms with Crippen LogP contribution in [-0.2, 0) is 0 Å². The summed E-state index contributed by atoms with van der Waals surface area (Å²) in [6, 6.07) is 10.7. The van der Waals surface area contributed by atoms with Gasteiger partial charge in [-0.05, 0) is 46.3 Å². The molecule has 3 aromatic rings. The third-order valence-corrected chi connectivity index (χ3v) is 4.03. The standard InChI is InChI=1S/C15H10Br2N6O2/c16-9-2-1-3-11(6-9)21-14-13(23(24)25)15(20-8-19-14)22-12-5-4-10(17)7-18-12/h1-8H,(H2,18,19,20,21,22). The van der Waals surface area contributed by atoms with Crippen LogP contribution in [0.3, 0.4) is 0 Å². The third-order valence-electron chi connectivity index (χ3n) is 3.07. The van der Waals surface area contributed by atoms with Crippen molar-refractivity contribution < 1.29 is 4.92 Å². The molecule has 0 fully saturated rings. The number of rotatable bonds is 5. The monoisotopic (exact) mass is 464 g/mol. The van der Waals surface area contributed by atoms with E-state index < -0.39 is 4.92 Å². The van der Waals surface area contributed by atoms with Gasteiger partial charge >= 0.3 is 5.69 Å². The Kier molecular flexibility index (Phi) is 5.19. The summed E-state index contributed by atoms with van der Waals surface area (Å²) in [5.74, 6) is 0.559. The first-order chi connectivity index (χ1) is 12.0. The minimum atomic E-state index is -0.540. The van der Waals surface area contributed by atoms with E-state index in [1.807, 2.05) is 12.1 Å². The average molecular weight is 466 g/mol. The minimum Gasteiger partial charge on any atom is -0.334 e. The second-order valence-electron chi connectivity index (χ2n) is 4.80. The van der Waals surface area contributed by atoms with Crippen molar-refractivity contribution in [2.75, 3.05) is 10.6 Å². The SMILES string of the molecule is O=[N+]([O-])c1c(Nc2cccc(Br)c2)ncnc1Nc1ccc(Br)cn1. The zero-order valence-corrected chi connectivity index (χ0v) is 15.7. The molecule has 126 valence electrons. The fourth-order valence-electron chi connectivity index (χ4n) is 2.01. The van der Waals surface area contributed by atoms with Crippen LogP contribution >= 0.6 is 31.9 Å². The van der Waals surface area contributed by atoms with E-state index in [1.54, 1.807) is 30.5 Å². The summed E-state index contributed by atoms with van der Waals surface area (Å²) >= 11 is 6.64. The maximum absolute atomic E-state index is 11.6. The first-order valence-corrected chi connectivity index (χ1v) is 8.52. The molecule has 0 aliphatic carbocycles. The summed E-state index contributed by atoms with van der Waals surface area (Å²) in [7, 11) is 0. The number of anilines is 4. The number of halogens is 2. The number of nitro groups is 1. The van der Waals surface area contributed by atoms with Crippen molar-refractivity contribution in [1.29, 1.82) is 0 Å². The number of pyridine rings is 1. The lowest BCUT2D eigenvalue weighted by Crippen LogP contribution is -2.06. The van der Waals surface area contributed by atoms with Gasteiger partial charge in [-0.2, -0.15) is 0 Å². The van der Waals surface area contributed by atoms with Gasteiger partial charge < -0.3 is 10.6 Å². The van der Waals surface area contributed by atoms with Crippen molar-refractivity contribution in [3.63, 3.8) is 0 Å². The Morgan fingerprint density at radius 1 is 0.960 bits per heavy atom. The number of nitrogens with one attached hydrogen (secondary N) is 2. The Bertz CT molecular complexity index is 920. The molecule has 10 heteroatoms. The van der Waals surface area contributed by atoms with Gasteiger partial charge in [-0.25, -0.2) is 15.0 Å². The highest BCUT2D eigenvalue weighted by Crippen LogP contribution is 2.33. The van der Waals surface area contributed by atoms with Crippen LogP contribution in [0, 0.1) is 10.1 Å². The maximum atomic E-state index is 11.6. The number of hydrogen-bond acceptors (Lipinski definition) is 7. The summed E-state index contributed by atoms with van der Waals surface area (Å²) in [6.07, 6.45) is 2.82. The fourth-order valence-corrected chi connectivity index (χ4v) is 2.64. The molecule has 25 heavy (non-hydrogen) atoms. The van der Waals surface area contributed by atoms with E-state index in [0.717, 1.165) is 8.95 Å². The fraction of sp³-hybridized carbons (Fsp3) is 0. The Labute approximate surface area is 159 Å². The van der Waals surface area contributed by atoms with Gasteiger partial charge in [0, 0.05) is 20.8 Å². The molecule has 1 aromatic carbocycles. The van der Waals surface area contributed by atoms with Gasteiger partial charge in [0.2, 0.25) is 11.6 Å². The van der Waals surface area contributed by atoms with E-state index in [4.69, 9.17) is 0 Å². The highest BCUT2D eigenvalue weighted by atomic mass is 79.9. The molecule has 0 spiro atoms. The van der Waals surface area contributed by atoms with Crippen LogP contribution in [0.1, 0.15) is 0 Å². The summed E-state index contributed by atoms with van der Waals surface area (Å²) in [5.41, 5.74) is 0.385. The van der Waals surface area contributed by atoms with Crippen molar-refractivity contribution in [2.45, 2.75) is 0 Å². The van der Waals surface area contributed by atoms with Crippen LogP contribution in [0.2, 0.25) is 0 Å². The first-order valence-electron chi connectivity index (χ1n) is 6.93. The molecule has 0 atom stereocenters. The van der Waals surface area contributed by atoms with E-state index >= 15 is 0 Å². The lowest BCUT2D eigenvalue weighted by atomic mass is 10.3. The number of nitrogens with zero attached hydrogens (tertiary/aromatic N) is 4. The van der Waals surface area contributed by atoms with Crippen LogP contribution in [0.5, 0.6) is 0 Å². The van der Waals surface area contributed by atoms with Gasteiger partial charge in [-0.15, -0.1) is 0 Å². The highest BCUT2D eigenvalue weighted by Gasteiger charge is 2.23. The zero-order chi connectivity index (χ0) is 17.8. The molecular formula is C15H10Br2N6O2. The Morgan fingerprint density at radius 3 is 2.36 bits per heavy atom. The summed E-state index contributed by atoms with van der Waals surface area (Å²) in [5, 5.41) is 17.3. The molecule has 0 saturated heterocycles. The van der Waals surface area contributed by atoms with Crippen molar-refractivity contribution in [2.24, 2.45) is 0 Å². The topological polar surface area (TPSA) is 106 Å². The van der Waals surface area contributed by atoms with Gasteiger partial charge in [-0.1, -0.05) is 22.0 Å². The normalized spacial score (nSPS) is 10.3. The second-order valence-corrected chi connectivity index (χ2v) is 6.63. The maximum Gasteiger partial charge on any atom is 0.353 e. The predicted octanol–water partition coefficient (Wildman–Crippen LogP) is 4.79. The molecule has 0 unspecified atom stereocenters. The Hall–Kier alpha value is -2.59. The van der Waals surface area contributed by atoms with Crippen LogP contribution in [-0.4, -0.2) is 19.9 Å². The molecule has 0 amide bonds. The Morgan fingerprint density at radius 2 is 1.72 bits per heavy atom. The minimum absolute atomic E-state index is 0.0484. The number of benzene rings is 1. The van der Waals surface area contributed by atoms with Crippen molar-refractivity contribution >= 4 is 60.7 Å². The molecule has 2 aromatic heterocycles. The first kappa shape index (κ1) is 17.2. The van der Waals surface area contributed by atoms with Gasteiger partial charge in [0.1, 0.15) is 12.1 Å². The molecule has 0 aliphatic rings. The lowest BCUT2D eigenvalue weighted by Gasteiger charge is -2.10. The quantitative estimate of drug-likeness (QED) is 0.412. The molecule has 0 radical (unpaired) electrons. The van der Waals surface area contributed by atoms with Crippen molar-refractivity contribution in [3.05, 3.63) is 68.0 Å². The predicted molar refractivity (Wildman–Crippen MR) is 101 cm³/mol. The van der Waals surface area contributed by atoms with Crippen LogP contribution in [0.15, 0.2) is 57.9 Å². The summed E-state index contributed by atoms with van der Waals surface area (Å²) in [4.78, 5) is 23.1. The second kappa shape index (κ2) is 7.53. The molecular weight excluding hydrogens is 456 g/mol. The van der Waals surface area contributed by atoms with E-state index in [0.29, 0.717) is 11.5 Å². The smallest absolute Gasteiger partial charge is 0.334 e. The van der Waals surface area contributed by atoms with Gasteiger partial charge in [0.05, 0.1) is 4.92 Å². The van der Waals surface area contributed by atoms with Crippen molar-refractivity contribution in [3.8, 4) is 0 Å². The Balaban J connectivity index is 1.96. The molecule has 2 heterocycles. The van der Waals surface area contributed by atoms with Gasteiger partial charge in [0.15, 0.2) is 0 Å². The van der Waals surface area contributed by atoms with Crippen molar-refractivity contribution in [1.82, 2.24) is 15.0 Å². The van der Waals surface area contributed by atoms with Crippen LogP contribution in [0.25, 0.3) is 0 Å². The summed E-state index contributed by atoms with van der Waals surface area (Å²) in [6.45, 7) is 0. The molecule has 2 N–H and O–H groups in total. The number of hydrogen-bond donors (Lipinski definition) is 2. The lowest BCUT2D eigenvalue weighted by molar-refractivity contribution is -0.383. The molecule has 0 saturated carbocycles. The molecule has 0 bridgehead atoms.